The number of nitrogens with two attached hydrogens (primary N) is 1. The molecule has 0 fully saturated rings. The number of aliphatic hydroxyl groups excluding tert-OH is 1. The Labute approximate surface area is 96.7 Å². The summed E-state index contributed by atoms with van der Waals surface area (Å²) in [6.07, 6.45) is -0.701. The van der Waals surface area contributed by atoms with Gasteiger partial charge in [-0.05, 0) is 11.6 Å². The Kier molecular flexibility index (Phi) is 5.25. The van der Waals surface area contributed by atoms with Gasteiger partial charge in [0.15, 0.2) is 0 Å². The maximum absolute atomic E-state index is 11.6. The third-order valence-corrected chi connectivity index (χ3v) is 3.68. The predicted molar refractivity (Wildman–Crippen MR) is 63.2 cm³/mol. The lowest BCUT2D eigenvalue weighted by Crippen LogP contribution is -2.26. The quantitative estimate of drug-likeness (QED) is 0.813. The smallest absolute Gasteiger partial charge is 0.0777 e. The number of hydrogen-bond acceptors (Lipinski definition) is 3. The van der Waals surface area contributed by atoms with Crippen molar-refractivity contribution in [1.82, 2.24) is 0 Å². The van der Waals surface area contributed by atoms with Gasteiger partial charge in [-0.3, -0.25) is 4.21 Å². The van der Waals surface area contributed by atoms with Gasteiger partial charge < -0.3 is 10.8 Å². The van der Waals surface area contributed by atoms with Gasteiger partial charge >= 0.3 is 0 Å². The van der Waals surface area contributed by atoms with Crippen molar-refractivity contribution in [1.29, 1.82) is 0 Å². The zero-order chi connectivity index (χ0) is 11.3. The minimum atomic E-state index is -1.13. The number of benzene rings is 1. The van der Waals surface area contributed by atoms with E-state index >= 15 is 0 Å². The van der Waals surface area contributed by atoms with Crippen LogP contribution in [0.15, 0.2) is 24.3 Å². The molecule has 0 amide bonds. The van der Waals surface area contributed by atoms with Gasteiger partial charge in [-0.25, -0.2) is 0 Å². The van der Waals surface area contributed by atoms with Gasteiger partial charge in [0.2, 0.25) is 0 Å². The monoisotopic (exact) mass is 247 g/mol. The van der Waals surface area contributed by atoms with Crippen molar-refractivity contribution in [2.45, 2.75) is 11.9 Å². The van der Waals surface area contributed by atoms with Crippen molar-refractivity contribution in [2.24, 2.45) is 5.73 Å². The number of hydrogen-bond donors (Lipinski definition) is 2. The van der Waals surface area contributed by atoms with E-state index in [2.05, 4.69) is 0 Å². The molecule has 3 nitrogen and oxygen atoms in total. The Morgan fingerprint density at radius 2 is 2.13 bits per heavy atom. The molecule has 0 spiro atoms. The van der Waals surface area contributed by atoms with E-state index in [9.17, 15) is 9.32 Å². The van der Waals surface area contributed by atoms with E-state index in [1.54, 1.807) is 6.07 Å². The second kappa shape index (κ2) is 6.23. The van der Waals surface area contributed by atoms with Crippen LogP contribution in [0, 0.1) is 0 Å². The molecule has 1 aromatic rings. The van der Waals surface area contributed by atoms with E-state index in [1.165, 1.54) is 0 Å². The minimum absolute atomic E-state index is 0.133. The predicted octanol–water partition coefficient (Wildman–Crippen LogP) is 0.908. The highest BCUT2D eigenvalue weighted by molar-refractivity contribution is 7.84. The van der Waals surface area contributed by atoms with Crippen LogP contribution >= 0.6 is 11.6 Å². The molecule has 1 aromatic carbocycles. The van der Waals surface area contributed by atoms with E-state index in [1.807, 2.05) is 18.2 Å². The normalized spacial score (nSPS) is 14.9. The topological polar surface area (TPSA) is 63.3 Å². The van der Waals surface area contributed by atoms with Gasteiger partial charge in [0.05, 0.1) is 17.6 Å². The number of rotatable bonds is 5. The highest BCUT2D eigenvalue weighted by Gasteiger charge is 2.09. The maximum Gasteiger partial charge on any atom is 0.0777 e. The number of halogens is 1. The third-order valence-electron chi connectivity index (χ3n) is 1.92. The van der Waals surface area contributed by atoms with Crippen molar-refractivity contribution in [3.05, 3.63) is 34.9 Å². The Morgan fingerprint density at radius 3 is 2.73 bits per heavy atom. The summed E-state index contributed by atoms with van der Waals surface area (Å²) in [7, 11) is -1.13. The van der Waals surface area contributed by atoms with E-state index in [0.29, 0.717) is 10.8 Å². The molecule has 0 bridgehead atoms. The second-order valence-corrected chi connectivity index (χ2v) is 5.14. The Balaban J connectivity index is 2.55. The van der Waals surface area contributed by atoms with Crippen molar-refractivity contribution < 1.29 is 9.32 Å². The molecule has 0 aliphatic carbocycles. The average molecular weight is 248 g/mol. The molecule has 5 heteroatoms. The lowest BCUT2D eigenvalue weighted by molar-refractivity contribution is 0.207. The van der Waals surface area contributed by atoms with Crippen molar-refractivity contribution >= 4 is 22.4 Å². The third kappa shape index (κ3) is 4.30. The van der Waals surface area contributed by atoms with Gasteiger partial charge in [-0.15, -0.1) is 0 Å². The van der Waals surface area contributed by atoms with Gasteiger partial charge in [0.25, 0.3) is 0 Å². The highest BCUT2D eigenvalue weighted by atomic mass is 35.5. The fraction of sp³-hybridized carbons (Fsp3) is 0.400. The molecule has 0 saturated heterocycles. The summed E-state index contributed by atoms with van der Waals surface area (Å²) >= 11 is 5.92. The van der Waals surface area contributed by atoms with Crippen molar-refractivity contribution in [2.75, 3.05) is 12.3 Å². The van der Waals surface area contributed by atoms with Gasteiger partial charge in [-0.2, -0.15) is 0 Å². The molecule has 0 aromatic heterocycles. The SMILES string of the molecule is NCC(O)CS(=O)Cc1ccccc1Cl. The molecule has 84 valence electrons. The minimum Gasteiger partial charge on any atom is -0.391 e. The van der Waals surface area contributed by atoms with Crippen LogP contribution in [0.3, 0.4) is 0 Å². The fourth-order valence-electron chi connectivity index (χ4n) is 1.13. The van der Waals surface area contributed by atoms with Crippen molar-refractivity contribution in [3.63, 3.8) is 0 Å². The van der Waals surface area contributed by atoms with E-state index in [4.69, 9.17) is 17.3 Å². The van der Waals surface area contributed by atoms with Crippen LogP contribution in [0.4, 0.5) is 0 Å². The summed E-state index contributed by atoms with van der Waals surface area (Å²) in [6, 6.07) is 7.25. The summed E-state index contributed by atoms with van der Waals surface area (Å²) in [5.41, 5.74) is 6.07. The Hall–Kier alpha value is -0.420. The van der Waals surface area contributed by atoms with E-state index < -0.39 is 16.9 Å². The van der Waals surface area contributed by atoms with E-state index in [-0.39, 0.29) is 12.3 Å². The molecule has 0 aliphatic rings. The molecule has 0 radical (unpaired) electrons. The molecular formula is C10H14ClNO2S. The number of aliphatic hydroxyl groups is 1. The van der Waals surface area contributed by atoms with E-state index in [0.717, 1.165) is 5.56 Å². The average Bonchev–Trinajstić information content (AvgIpc) is 2.21. The zero-order valence-electron chi connectivity index (χ0n) is 8.23. The van der Waals surface area contributed by atoms with Crippen LogP contribution < -0.4 is 5.73 Å². The Bertz CT molecular complexity index is 346. The molecular weight excluding hydrogens is 234 g/mol. The summed E-state index contributed by atoms with van der Waals surface area (Å²) in [6.45, 7) is 0.133. The van der Waals surface area contributed by atoms with Gasteiger partial charge in [-0.1, -0.05) is 29.8 Å². The summed E-state index contributed by atoms with van der Waals surface area (Å²) in [5, 5.41) is 9.83. The van der Waals surface area contributed by atoms with Crippen molar-refractivity contribution in [3.8, 4) is 0 Å². The molecule has 2 unspecified atom stereocenters. The van der Waals surface area contributed by atoms with Crippen LogP contribution in [0.25, 0.3) is 0 Å². The van der Waals surface area contributed by atoms with Crippen LogP contribution in [0.1, 0.15) is 5.56 Å². The summed E-state index contributed by atoms with van der Waals surface area (Å²) < 4.78 is 11.6. The summed E-state index contributed by atoms with van der Waals surface area (Å²) in [4.78, 5) is 0. The van der Waals surface area contributed by atoms with Gasteiger partial charge in [0, 0.05) is 22.4 Å². The first-order valence-electron chi connectivity index (χ1n) is 4.60. The fourth-order valence-corrected chi connectivity index (χ4v) is 2.69. The lowest BCUT2D eigenvalue weighted by Gasteiger charge is -2.08. The van der Waals surface area contributed by atoms with Gasteiger partial charge in [0.1, 0.15) is 0 Å². The van der Waals surface area contributed by atoms with Crippen LogP contribution in [0.5, 0.6) is 0 Å². The van der Waals surface area contributed by atoms with Crippen LogP contribution in [-0.4, -0.2) is 27.7 Å². The highest BCUT2D eigenvalue weighted by Crippen LogP contribution is 2.16. The van der Waals surface area contributed by atoms with Crippen LogP contribution in [0.2, 0.25) is 5.02 Å². The molecule has 2 atom stereocenters. The molecule has 0 saturated carbocycles. The zero-order valence-corrected chi connectivity index (χ0v) is 9.80. The lowest BCUT2D eigenvalue weighted by atomic mass is 10.2. The molecule has 1 rings (SSSR count). The molecule has 0 heterocycles. The Morgan fingerprint density at radius 1 is 1.47 bits per heavy atom. The first kappa shape index (κ1) is 12.6. The molecule has 3 N–H and O–H groups in total. The first-order chi connectivity index (χ1) is 7.13. The first-order valence-corrected chi connectivity index (χ1v) is 6.46. The second-order valence-electron chi connectivity index (χ2n) is 3.23. The maximum atomic E-state index is 11.6. The standard InChI is InChI=1S/C10H14ClNO2S/c11-10-4-2-1-3-8(10)6-15(14)7-9(13)5-12/h1-4,9,13H,5-7,12H2. The largest absolute Gasteiger partial charge is 0.391 e. The summed E-state index contributed by atoms with van der Waals surface area (Å²) in [5.74, 6) is 0.554. The van der Waals surface area contributed by atoms with Crippen LogP contribution in [-0.2, 0) is 16.6 Å². The molecule has 15 heavy (non-hydrogen) atoms. The molecule has 0 aliphatic heterocycles.